The Morgan fingerprint density at radius 3 is 2.45 bits per heavy atom. The minimum absolute atomic E-state index is 0.582. The standard InChI is InChI=1S/C16H18ClN3/c17-15-8-6-13(7-9-15)12-19-10-11-20-16(18)14-4-2-1-3-5-14/h1-9,19H,10-12H2,(H2,18,20). The Balaban J connectivity index is 1.72. The molecule has 0 fully saturated rings. The van der Waals surface area contributed by atoms with Crippen LogP contribution in [0.25, 0.3) is 0 Å². The summed E-state index contributed by atoms with van der Waals surface area (Å²) in [6.07, 6.45) is 0. The Morgan fingerprint density at radius 1 is 1.05 bits per heavy atom. The van der Waals surface area contributed by atoms with E-state index in [1.807, 2.05) is 54.6 Å². The zero-order valence-electron chi connectivity index (χ0n) is 11.2. The van der Waals surface area contributed by atoms with Crippen LogP contribution < -0.4 is 11.1 Å². The predicted octanol–water partition coefficient (Wildman–Crippen LogP) is 2.84. The third-order valence-corrected chi connectivity index (χ3v) is 3.13. The first-order valence-corrected chi connectivity index (χ1v) is 6.94. The van der Waals surface area contributed by atoms with E-state index in [4.69, 9.17) is 17.3 Å². The molecule has 2 aromatic rings. The van der Waals surface area contributed by atoms with Gasteiger partial charge in [-0.05, 0) is 17.7 Å². The fourth-order valence-electron chi connectivity index (χ4n) is 1.79. The van der Waals surface area contributed by atoms with Crippen molar-refractivity contribution in [2.75, 3.05) is 13.1 Å². The Kier molecular flexibility index (Phi) is 5.59. The Bertz CT molecular complexity index is 550. The highest BCUT2D eigenvalue weighted by Crippen LogP contribution is 2.08. The molecule has 20 heavy (non-hydrogen) atoms. The van der Waals surface area contributed by atoms with Crippen LogP contribution in [0.2, 0.25) is 5.02 Å². The summed E-state index contributed by atoms with van der Waals surface area (Å²) in [7, 11) is 0. The summed E-state index contributed by atoms with van der Waals surface area (Å²) in [4.78, 5) is 4.35. The van der Waals surface area contributed by atoms with Gasteiger partial charge in [0.1, 0.15) is 5.84 Å². The van der Waals surface area contributed by atoms with Gasteiger partial charge in [0.25, 0.3) is 0 Å². The number of aliphatic imine (C=N–C) groups is 1. The molecule has 0 spiro atoms. The van der Waals surface area contributed by atoms with Crippen molar-refractivity contribution >= 4 is 17.4 Å². The first kappa shape index (κ1) is 14.6. The van der Waals surface area contributed by atoms with E-state index in [0.717, 1.165) is 23.7 Å². The van der Waals surface area contributed by atoms with E-state index in [9.17, 15) is 0 Å². The molecule has 0 atom stereocenters. The molecule has 4 heteroatoms. The van der Waals surface area contributed by atoms with Gasteiger partial charge >= 0.3 is 0 Å². The molecule has 3 N–H and O–H groups in total. The van der Waals surface area contributed by atoms with Gasteiger partial charge in [-0.3, -0.25) is 4.99 Å². The highest BCUT2D eigenvalue weighted by atomic mass is 35.5. The number of nitrogens with zero attached hydrogens (tertiary/aromatic N) is 1. The number of halogens is 1. The van der Waals surface area contributed by atoms with Gasteiger partial charge in [0.15, 0.2) is 0 Å². The van der Waals surface area contributed by atoms with Gasteiger partial charge in [-0.25, -0.2) is 0 Å². The maximum absolute atomic E-state index is 5.91. The summed E-state index contributed by atoms with van der Waals surface area (Å²) in [6, 6.07) is 17.6. The molecular weight excluding hydrogens is 270 g/mol. The minimum Gasteiger partial charge on any atom is -0.384 e. The van der Waals surface area contributed by atoms with Crippen LogP contribution in [0.3, 0.4) is 0 Å². The van der Waals surface area contributed by atoms with Crippen LogP contribution in [0.5, 0.6) is 0 Å². The molecule has 0 unspecified atom stereocenters. The maximum atomic E-state index is 5.91. The monoisotopic (exact) mass is 287 g/mol. The molecular formula is C16H18ClN3. The average molecular weight is 288 g/mol. The molecule has 104 valence electrons. The summed E-state index contributed by atoms with van der Waals surface area (Å²) in [5.41, 5.74) is 8.08. The highest BCUT2D eigenvalue weighted by molar-refractivity contribution is 6.30. The van der Waals surface area contributed by atoms with Crippen LogP contribution >= 0.6 is 11.6 Å². The van der Waals surface area contributed by atoms with E-state index in [0.29, 0.717) is 12.4 Å². The molecule has 0 aliphatic rings. The zero-order valence-corrected chi connectivity index (χ0v) is 12.0. The molecule has 2 aromatic carbocycles. The second-order valence-electron chi connectivity index (χ2n) is 4.44. The third-order valence-electron chi connectivity index (χ3n) is 2.88. The van der Waals surface area contributed by atoms with Gasteiger partial charge in [-0.1, -0.05) is 54.1 Å². The summed E-state index contributed by atoms with van der Waals surface area (Å²) in [5.74, 6) is 0.582. The number of hydrogen-bond acceptors (Lipinski definition) is 2. The molecule has 2 rings (SSSR count). The first-order chi connectivity index (χ1) is 9.75. The van der Waals surface area contributed by atoms with Crippen molar-refractivity contribution < 1.29 is 0 Å². The van der Waals surface area contributed by atoms with Gasteiger partial charge in [-0.2, -0.15) is 0 Å². The quantitative estimate of drug-likeness (QED) is 0.488. The lowest BCUT2D eigenvalue weighted by molar-refractivity contribution is 0.695. The van der Waals surface area contributed by atoms with Gasteiger partial charge in [0.05, 0.1) is 6.54 Å². The Hall–Kier alpha value is -1.84. The molecule has 0 bridgehead atoms. The van der Waals surface area contributed by atoms with E-state index < -0.39 is 0 Å². The number of hydrogen-bond donors (Lipinski definition) is 2. The van der Waals surface area contributed by atoms with Gasteiger partial charge in [-0.15, -0.1) is 0 Å². The Labute approximate surface area is 124 Å². The van der Waals surface area contributed by atoms with Crippen LogP contribution in [0, 0.1) is 0 Å². The largest absolute Gasteiger partial charge is 0.384 e. The van der Waals surface area contributed by atoms with E-state index in [2.05, 4.69) is 10.3 Å². The molecule has 0 aromatic heterocycles. The van der Waals surface area contributed by atoms with Crippen LogP contribution in [-0.4, -0.2) is 18.9 Å². The average Bonchev–Trinajstić information content (AvgIpc) is 2.49. The molecule has 0 saturated heterocycles. The zero-order chi connectivity index (χ0) is 14.2. The van der Waals surface area contributed by atoms with Crippen molar-refractivity contribution in [2.24, 2.45) is 10.7 Å². The minimum atomic E-state index is 0.582. The van der Waals surface area contributed by atoms with Crippen molar-refractivity contribution in [3.63, 3.8) is 0 Å². The Morgan fingerprint density at radius 2 is 1.75 bits per heavy atom. The second kappa shape index (κ2) is 7.68. The smallest absolute Gasteiger partial charge is 0.125 e. The fourth-order valence-corrected chi connectivity index (χ4v) is 1.92. The van der Waals surface area contributed by atoms with Gasteiger partial charge in [0.2, 0.25) is 0 Å². The molecule has 0 radical (unpaired) electrons. The summed E-state index contributed by atoms with van der Waals surface area (Å²) >= 11 is 5.84. The van der Waals surface area contributed by atoms with Crippen LogP contribution in [0.4, 0.5) is 0 Å². The van der Waals surface area contributed by atoms with Crippen LogP contribution in [-0.2, 0) is 6.54 Å². The fraction of sp³-hybridized carbons (Fsp3) is 0.188. The molecule has 0 saturated carbocycles. The third kappa shape index (κ3) is 4.68. The lowest BCUT2D eigenvalue weighted by atomic mass is 10.2. The summed E-state index contributed by atoms with van der Waals surface area (Å²) < 4.78 is 0. The van der Waals surface area contributed by atoms with E-state index in [1.165, 1.54) is 5.56 Å². The molecule has 3 nitrogen and oxygen atoms in total. The summed E-state index contributed by atoms with van der Waals surface area (Å²) in [5, 5.41) is 4.08. The second-order valence-corrected chi connectivity index (χ2v) is 4.87. The predicted molar refractivity (Wildman–Crippen MR) is 85.2 cm³/mol. The number of nitrogens with two attached hydrogens (primary N) is 1. The number of benzene rings is 2. The van der Waals surface area contributed by atoms with E-state index >= 15 is 0 Å². The number of nitrogens with one attached hydrogen (secondary N) is 1. The highest BCUT2D eigenvalue weighted by Gasteiger charge is 1.96. The maximum Gasteiger partial charge on any atom is 0.125 e. The molecule has 0 amide bonds. The van der Waals surface area contributed by atoms with Gasteiger partial charge in [0, 0.05) is 23.7 Å². The van der Waals surface area contributed by atoms with E-state index in [-0.39, 0.29) is 0 Å². The number of amidine groups is 1. The van der Waals surface area contributed by atoms with E-state index in [1.54, 1.807) is 0 Å². The van der Waals surface area contributed by atoms with Crippen molar-refractivity contribution in [1.29, 1.82) is 0 Å². The van der Waals surface area contributed by atoms with Crippen LogP contribution in [0.1, 0.15) is 11.1 Å². The molecule has 0 heterocycles. The lowest BCUT2D eigenvalue weighted by Gasteiger charge is -2.04. The summed E-state index contributed by atoms with van der Waals surface area (Å²) in [6.45, 7) is 2.25. The van der Waals surface area contributed by atoms with Crippen molar-refractivity contribution in [2.45, 2.75) is 6.54 Å². The topological polar surface area (TPSA) is 50.4 Å². The normalized spacial score (nSPS) is 11.6. The number of rotatable bonds is 6. The SMILES string of the molecule is NC(=NCCNCc1ccc(Cl)cc1)c1ccccc1. The lowest BCUT2D eigenvalue weighted by Crippen LogP contribution is -2.20. The van der Waals surface area contributed by atoms with Gasteiger partial charge < -0.3 is 11.1 Å². The van der Waals surface area contributed by atoms with Crippen molar-refractivity contribution in [1.82, 2.24) is 5.32 Å². The first-order valence-electron chi connectivity index (χ1n) is 6.56. The van der Waals surface area contributed by atoms with Crippen LogP contribution in [0.15, 0.2) is 59.6 Å². The molecule has 0 aliphatic heterocycles. The molecule has 0 aliphatic carbocycles. The van der Waals surface area contributed by atoms with Crippen molar-refractivity contribution in [3.8, 4) is 0 Å². The van der Waals surface area contributed by atoms with Crippen molar-refractivity contribution in [3.05, 3.63) is 70.7 Å².